The lowest BCUT2D eigenvalue weighted by Gasteiger charge is -2.27. The molecule has 0 bridgehead atoms. The summed E-state index contributed by atoms with van der Waals surface area (Å²) >= 11 is 0. The van der Waals surface area contributed by atoms with Gasteiger partial charge in [-0.1, -0.05) is 32.4 Å². The van der Waals surface area contributed by atoms with E-state index in [4.69, 9.17) is 4.74 Å². The number of carbonyl (C=O) groups excluding carboxylic acids is 1. The van der Waals surface area contributed by atoms with E-state index in [1.807, 2.05) is 27.7 Å². The molecule has 0 saturated carbocycles. The van der Waals surface area contributed by atoms with Gasteiger partial charge >= 0.3 is 18.1 Å². The third-order valence-corrected chi connectivity index (χ3v) is 4.48. The van der Waals surface area contributed by atoms with Crippen LogP contribution in [0.15, 0.2) is 29.8 Å². The number of halogens is 3. The summed E-state index contributed by atoms with van der Waals surface area (Å²) in [7, 11) is 0. The lowest BCUT2D eigenvalue weighted by molar-refractivity contribution is -0.145. The molecule has 0 aromatic heterocycles. The highest BCUT2D eigenvalue weighted by Gasteiger charge is 2.35. The van der Waals surface area contributed by atoms with E-state index < -0.39 is 40.4 Å². The number of ether oxygens (including phenoxy) is 1. The van der Waals surface area contributed by atoms with Crippen LogP contribution in [0.4, 0.5) is 13.2 Å². The van der Waals surface area contributed by atoms with Gasteiger partial charge in [0.25, 0.3) is 0 Å². The number of alkyl halides is 3. The molecular formula is C21H27F3O4. The molecule has 1 unspecified atom stereocenters. The summed E-state index contributed by atoms with van der Waals surface area (Å²) < 4.78 is 44.0. The first-order valence-corrected chi connectivity index (χ1v) is 9.00. The van der Waals surface area contributed by atoms with Crippen molar-refractivity contribution < 1.29 is 32.6 Å². The first-order chi connectivity index (χ1) is 12.6. The van der Waals surface area contributed by atoms with E-state index in [0.29, 0.717) is 24.5 Å². The zero-order chi connectivity index (χ0) is 21.9. The molecule has 0 fully saturated rings. The van der Waals surface area contributed by atoms with Gasteiger partial charge in [0.1, 0.15) is 11.3 Å². The van der Waals surface area contributed by atoms with Crippen molar-refractivity contribution in [1.82, 2.24) is 0 Å². The molecule has 28 heavy (non-hydrogen) atoms. The van der Waals surface area contributed by atoms with Gasteiger partial charge in [0.05, 0.1) is 11.0 Å². The number of esters is 1. The summed E-state index contributed by atoms with van der Waals surface area (Å²) in [6, 6.07) is 1.98. The predicted octanol–water partition coefficient (Wildman–Crippen LogP) is 5.96. The molecule has 0 aliphatic heterocycles. The summed E-state index contributed by atoms with van der Waals surface area (Å²) in [5.41, 5.74) is -1.50. The Kier molecular flexibility index (Phi) is 7.45. The first-order valence-electron chi connectivity index (χ1n) is 9.00. The fraction of sp³-hybridized carbons (Fsp3) is 0.524. The second kappa shape index (κ2) is 8.80. The van der Waals surface area contributed by atoms with Crippen LogP contribution >= 0.6 is 0 Å². The Morgan fingerprint density at radius 3 is 2.21 bits per heavy atom. The van der Waals surface area contributed by atoms with Gasteiger partial charge in [-0.2, -0.15) is 13.2 Å². The molecular weight excluding hydrogens is 373 g/mol. The number of carbonyl (C=O) groups is 2. The van der Waals surface area contributed by atoms with Crippen molar-refractivity contribution in [3.05, 3.63) is 41.0 Å². The Labute approximate surface area is 163 Å². The Balaban J connectivity index is 3.12. The molecule has 0 amide bonds. The fourth-order valence-electron chi connectivity index (χ4n) is 2.90. The van der Waals surface area contributed by atoms with Crippen LogP contribution in [-0.4, -0.2) is 17.0 Å². The van der Waals surface area contributed by atoms with Crippen molar-refractivity contribution in [3.63, 3.8) is 0 Å². The molecule has 1 atom stereocenters. The average molecular weight is 400 g/mol. The largest absolute Gasteiger partial charge is 0.478 e. The van der Waals surface area contributed by atoms with Gasteiger partial charge in [0.2, 0.25) is 0 Å². The summed E-state index contributed by atoms with van der Waals surface area (Å²) in [6.45, 7) is 11.2. The molecule has 1 rings (SSSR count). The fourth-order valence-corrected chi connectivity index (χ4v) is 2.90. The molecule has 156 valence electrons. The smallest absolute Gasteiger partial charge is 0.416 e. The maximum Gasteiger partial charge on any atom is 0.416 e. The highest BCUT2D eigenvalue weighted by Crippen LogP contribution is 2.35. The number of benzene rings is 1. The molecule has 0 aliphatic carbocycles. The Morgan fingerprint density at radius 1 is 1.18 bits per heavy atom. The maximum absolute atomic E-state index is 12.9. The number of carboxylic acids is 1. The molecule has 1 aromatic carbocycles. The lowest BCUT2D eigenvalue weighted by atomic mass is 9.80. The molecule has 0 radical (unpaired) electrons. The third-order valence-electron chi connectivity index (χ3n) is 4.48. The van der Waals surface area contributed by atoms with E-state index >= 15 is 0 Å². The van der Waals surface area contributed by atoms with E-state index in [1.165, 1.54) is 0 Å². The van der Waals surface area contributed by atoms with Crippen LogP contribution in [0.1, 0.15) is 63.9 Å². The highest BCUT2D eigenvalue weighted by atomic mass is 19.4. The molecule has 1 aromatic rings. The first kappa shape index (κ1) is 23.7. The molecule has 0 aliphatic rings. The minimum atomic E-state index is -4.68. The predicted molar refractivity (Wildman–Crippen MR) is 100 cm³/mol. The molecule has 7 heteroatoms. The van der Waals surface area contributed by atoms with Gasteiger partial charge in [-0.25, -0.2) is 4.79 Å². The second-order valence-electron chi connectivity index (χ2n) is 8.05. The minimum Gasteiger partial charge on any atom is -0.478 e. The third kappa shape index (κ3) is 6.39. The quantitative estimate of drug-likeness (QED) is 0.348. The second-order valence-corrected chi connectivity index (χ2v) is 8.05. The number of rotatable bonds is 7. The van der Waals surface area contributed by atoms with Gasteiger partial charge in [0.15, 0.2) is 0 Å². The molecule has 4 nitrogen and oxygen atoms in total. The molecule has 0 spiro atoms. The van der Waals surface area contributed by atoms with Gasteiger partial charge in [-0.3, -0.25) is 4.79 Å². The van der Waals surface area contributed by atoms with Crippen LogP contribution in [0, 0.1) is 17.3 Å². The minimum absolute atomic E-state index is 0.0467. The number of hydrogen-bond acceptors (Lipinski definition) is 3. The molecule has 0 saturated heterocycles. The molecule has 1 N–H and O–H groups in total. The van der Waals surface area contributed by atoms with E-state index in [0.717, 1.165) is 11.6 Å². The van der Waals surface area contributed by atoms with Crippen molar-refractivity contribution >= 4 is 11.9 Å². The zero-order valence-corrected chi connectivity index (χ0v) is 17.0. The average Bonchev–Trinajstić information content (AvgIpc) is 2.52. The summed E-state index contributed by atoms with van der Waals surface area (Å²) in [6.07, 6.45) is -2.19. The van der Waals surface area contributed by atoms with Gasteiger partial charge in [-0.05, 0) is 57.2 Å². The maximum atomic E-state index is 12.9. The van der Waals surface area contributed by atoms with Gasteiger partial charge < -0.3 is 9.84 Å². The van der Waals surface area contributed by atoms with Gasteiger partial charge in [-0.15, -0.1) is 0 Å². The monoisotopic (exact) mass is 400 g/mol. The Hall–Kier alpha value is -2.31. The van der Waals surface area contributed by atoms with E-state index in [-0.39, 0.29) is 5.92 Å². The molecule has 0 heterocycles. The van der Waals surface area contributed by atoms with Crippen LogP contribution in [0.3, 0.4) is 0 Å². The van der Waals surface area contributed by atoms with Crippen LogP contribution in [-0.2, 0) is 11.0 Å². The van der Waals surface area contributed by atoms with Crippen molar-refractivity contribution in [2.24, 2.45) is 17.3 Å². The number of allylic oxidation sites excluding steroid dienone is 2. The lowest BCUT2D eigenvalue weighted by Crippen LogP contribution is -2.31. The summed E-state index contributed by atoms with van der Waals surface area (Å²) in [4.78, 5) is 23.9. The van der Waals surface area contributed by atoms with E-state index in [1.54, 1.807) is 13.8 Å². The van der Waals surface area contributed by atoms with Crippen LogP contribution in [0.25, 0.3) is 0 Å². The van der Waals surface area contributed by atoms with E-state index in [2.05, 4.69) is 6.08 Å². The van der Waals surface area contributed by atoms with Crippen molar-refractivity contribution in [2.45, 2.75) is 54.1 Å². The number of hydrogen-bond donors (Lipinski definition) is 1. The van der Waals surface area contributed by atoms with Crippen molar-refractivity contribution in [1.29, 1.82) is 0 Å². The Bertz CT molecular complexity index is 761. The zero-order valence-electron chi connectivity index (χ0n) is 17.0. The van der Waals surface area contributed by atoms with E-state index in [9.17, 15) is 27.9 Å². The topological polar surface area (TPSA) is 63.6 Å². The van der Waals surface area contributed by atoms with Crippen LogP contribution in [0.5, 0.6) is 5.75 Å². The SMILES string of the molecule is C/C(=C/C(C)C)C(C)CC(C)(C)C(=O)Oc1cc(C(F)(F)F)ccc1C(=O)O. The standard InChI is InChI=1S/C21H27F3O4/c1-12(2)9-13(3)14(4)11-20(5,6)19(27)28-17-10-15(21(22,23)24)7-8-16(17)18(25)26/h7-10,12,14H,11H2,1-6H3,(H,25,26)/b13-9-. The number of carboxylic acid groups (broad SMARTS) is 1. The van der Waals surface area contributed by atoms with Gasteiger partial charge in [0, 0.05) is 0 Å². The normalized spacial score (nSPS) is 14.1. The van der Waals surface area contributed by atoms with Crippen molar-refractivity contribution in [2.75, 3.05) is 0 Å². The Morgan fingerprint density at radius 2 is 1.75 bits per heavy atom. The van der Waals surface area contributed by atoms with Crippen molar-refractivity contribution in [3.8, 4) is 5.75 Å². The highest BCUT2D eigenvalue weighted by molar-refractivity contribution is 5.92. The van der Waals surface area contributed by atoms with Crippen LogP contribution in [0.2, 0.25) is 0 Å². The summed E-state index contributed by atoms with van der Waals surface area (Å²) in [5, 5.41) is 9.20. The summed E-state index contributed by atoms with van der Waals surface area (Å²) in [5.74, 6) is -2.47. The number of aromatic carboxylic acids is 1. The van der Waals surface area contributed by atoms with Crippen LogP contribution < -0.4 is 4.74 Å².